The number of carbonyl (C=O) groups excluding carboxylic acids is 1. The van der Waals surface area contributed by atoms with Crippen LogP contribution in [0.2, 0.25) is 15.1 Å². The summed E-state index contributed by atoms with van der Waals surface area (Å²) in [5, 5.41) is 1.53. The van der Waals surface area contributed by atoms with Crippen molar-refractivity contribution in [3.63, 3.8) is 0 Å². The molecule has 7 nitrogen and oxygen atoms in total. The third-order valence-corrected chi connectivity index (χ3v) is 8.98. The van der Waals surface area contributed by atoms with Crippen LogP contribution in [0.3, 0.4) is 0 Å². The van der Waals surface area contributed by atoms with E-state index in [0.29, 0.717) is 60.1 Å². The first-order valence-corrected chi connectivity index (χ1v) is 14.4. The summed E-state index contributed by atoms with van der Waals surface area (Å²) in [5.41, 5.74) is 0.989. The van der Waals surface area contributed by atoms with Crippen LogP contribution in [0.4, 0.5) is 4.79 Å². The third-order valence-electron chi connectivity index (χ3n) is 6.71. The van der Waals surface area contributed by atoms with Gasteiger partial charge < -0.3 is 14.5 Å². The summed E-state index contributed by atoms with van der Waals surface area (Å²) in [4.78, 5) is 17.0. The van der Waals surface area contributed by atoms with E-state index in [1.54, 1.807) is 23.1 Å². The Morgan fingerprint density at radius 2 is 1.69 bits per heavy atom. The van der Waals surface area contributed by atoms with E-state index in [9.17, 15) is 13.2 Å². The molecule has 2 heterocycles. The molecule has 2 amide bonds. The van der Waals surface area contributed by atoms with Crippen LogP contribution in [0.25, 0.3) is 0 Å². The number of carbonyl (C=O) groups is 1. The molecule has 0 saturated carbocycles. The van der Waals surface area contributed by atoms with E-state index >= 15 is 0 Å². The highest BCUT2D eigenvalue weighted by molar-refractivity contribution is 7.88. The van der Waals surface area contributed by atoms with Crippen LogP contribution >= 0.6 is 34.8 Å². The Hall–Kier alpha value is -1.71. The molecule has 3 atom stereocenters. The minimum absolute atomic E-state index is 0.00696. The molecule has 2 aliphatic heterocycles. The van der Waals surface area contributed by atoms with Gasteiger partial charge in [-0.1, -0.05) is 46.9 Å². The first-order chi connectivity index (χ1) is 16.5. The predicted molar refractivity (Wildman–Crippen MR) is 139 cm³/mol. The predicted octanol–water partition coefficient (Wildman–Crippen LogP) is 4.83. The molecular weight excluding hydrogens is 533 g/mol. The molecule has 35 heavy (non-hydrogen) atoms. The molecule has 11 heteroatoms. The number of ether oxygens (including phenoxy) is 1. The van der Waals surface area contributed by atoms with Crippen molar-refractivity contribution in [1.82, 2.24) is 14.1 Å². The second kappa shape index (κ2) is 10.7. The normalized spacial score (nSPS) is 22.3. The Bertz CT molecular complexity index is 1190. The Balaban J connectivity index is 1.53. The lowest BCUT2D eigenvalue weighted by Crippen LogP contribution is -2.53. The van der Waals surface area contributed by atoms with Crippen LogP contribution in [0.15, 0.2) is 42.5 Å². The molecule has 190 valence electrons. The summed E-state index contributed by atoms with van der Waals surface area (Å²) in [6, 6.07) is 12.7. The Kier molecular flexibility index (Phi) is 8.08. The number of piperazine rings is 1. The summed E-state index contributed by atoms with van der Waals surface area (Å²) < 4.78 is 31.3. The number of urea groups is 1. The van der Waals surface area contributed by atoms with Gasteiger partial charge in [0.15, 0.2) is 0 Å². The van der Waals surface area contributed by atoms with Crippen molar-refractivity contribution in [1.29, 1.82) is 0 Å². The molecule has 0 N–H and O–H groups in total. The lowest BCUT2D eigenvalue weighted by Gasteiger charge is -2.35. The number of nitrogens with zero attached hydrogens (tertiary/aromatic N) is 3. The number of rotatable bonds is 5. The van der Waals surface area contributed by atoms with E-state index in [-0.39, 0.29) is 24.0 Å². The molecule has 2 aromatic rings. The second-order valence-electron chi connectivity index (χ2n) is 9.06. The molecule has 0 unspecified atom stereocenters. The zero-order valence-electron chi connectivity index (χ0n) is 19.5. The number of hydrogen-bond donors (Lipinski definition) is 0. The molecule has 0 aromatic heterocycles. The van der Waals surface area contributed by atoms with Gasteiger partial charge in [0, 0.05) is 56.1 Å². The molecule has 2 aliphatic rings. The van der Waals surface area contributed by atoms with Crippen LogP contribution in [-0.2, 0) is 10.0 Å². The number of likely N-dealkylation sites (tertiary alicyclic amines) is 1. The van der Waals surface area contributed by atoms with Crippen molar-refractivity contribution in [3.8, 4) is 5.75 Å². The van der Waals surface area contributed by atoms with Gasteiger partial charge in [-0.2, -0.15) is 4.31 Å². The lowest BCUT2D eigenvalue weighted by molar-refractivity contribution is 0.129. The van der Waals surface area contributed by atoms with Gasteiger partial charge in [-0.05, 0) is 42.8 Å². The van der Waals surface area contributed by atoms with E-state index < -0.39 is 10.0 Å². The monoisotopic (exact) mass is 559 g/mol. The maximum atomic E-state index is 13.4. The van der Waals surface area contributed by atoms with Crippen molar-refractivity contribution in [2.45, 2.75) is 18.9 Å². The van der Waals surface area contributed by atoms with Crippen LogP contribution in [0.5, 0.6) is 5.75 Å². The molecule has 2 fully saturated rings. The van der Waals surface area contributed by atoms with E-state index in [0.717, 1.165) is 5.56 Å². The van der Waals surface area contributed by atoms with Gasteiger partial charge in [-0.15, -0.1) is 0 Å². The van der Waals surface area contributed by atoms with Crippen molar-refractivity contribution >= 4 is 50.9 Å². The van der Waals surface area contributed by atoms with Gasteiger partial charge >= 0.3 is 6.03 Å². The molecule has 0 aliphatic carbocycles. The quantitative estimate of drug-likeness (QED) is 0.525. The number of benzene rings is 2. The minimum atomic E-state index is -3.27. The average Bonchev–Trinajstić information content (AvgIpc) is 3.26. The second-order valence-corrected chi connectivity index (χ2v) is 12.3. The standard InChI is InChI=1S/C24H28Cl3N3O4S/c1-16(34-19-5-3-4-18(25)13-19)20-14-29(15-21(20)17-6-7-22(26)23(27)12-17)24(31)28-8-10-30(11-9-28)35(2,32)33/h3-7,12-13,16,20-21H,8-11,14-15H2,1-2H3/t16-,20-,21+/m0/s1. The van der Waals surface area contributed by atoms with Crippen LogP contribution in [0.1, 0.15) is 18.4 Å². The Labute approximate surface area is 221 Å². The number of hydrogen-bond acceptors (Lipinski definition) is 4. The lowest BCUT2D eigenvalue weighted by atomic mass is 9.85. The van der Waals surface area contributed by atoms with Gasteiger partial charge in [0.05, 0.1) is 16.3 Å². The fourth-order valence-corrected chi connectivity index (χ4v) is 6.12. The molecule has 2 aromatic carbocycles. The summed E-state index contributed by atoms with van der Waals surface area (Å²) in [7, 11) is -3.27. The highest BCUT2D eigenvalue weighted by Crippen LogP contribution is 2.39. The molecule has 0 bridgehead atoms. The maximum Gasteiger partial charge on any atom is 0.320 e. The van der Waals surface area contributed by atoms with Gasteiger partial charge in [0.25, 0.3) is 0 Å². The third kappa shape index (κ3) is 6.17. The summed E-state index contributed by atoms with van der Waals surface area (Å²) in [6.07, 6.45) is 0.978. The van der Waals surface area contributed by atoms with Gasteiger partial charge in [0.2, 0.25) is 10.0 Å². The zero-order chi connectivity index (χ0) is 25.3. The molecule has 0 spiro atoms. The SMILES string of the molecule is C[C@H](Oc1cccc(Cl)c1)[C@@H]1CN(C(=O)N2CCN(S(C)(=O)=O)CC2)C[C@@H]1c1ccc(Cl)c(Cl)c1. The van der Waals surface area contributed by atoms with E-state index in [2.05, 4.69) is 0 Å². The zero-order valence-corrected chi connectivity index (χ0v) is 22.6. The molecule has 0 radical (unpaired) electrons. The first-order valence-electron chi connectivity index (χ1n) is 11.4. The highest BCUT2D eigenvalue weighted by Gasteiger charge is 2.42. The Morgan fingerprint density at radius 1 is 0.971 bits per heavy atom. The largest absolute Gasteiger partial charge is 0.490 e. The number of halogens is 3. The van der Waals surface area contributed by atoms with Crippen molar-refractivity contribution in [2.75, 3.05) is 45.5 Å². The average molecular weight is 561 g/mol. The fraction of sp³-hybridized carbons (Fsp3) is 0.458. The van der Waals surface area contributed by atoms with Gasteiger partial charge in [0.1, 0.15) is 11.9 Å². The van der Waals surface area contributed by atoms with E-state index in [1.165, 1.54) is 10.6 Å². The van der Waals surface area contributed by atoms with Gasteiger partial charge in [-0.3, -0.25) is 0 Å². The number of sulfonamides is 1. The highest BCUT2D eigenvalue weighted by atomic mass is 35.5. The molecule has 4 rings (SSSR count). The smallest absolute Gasteiger partial charge is 0.320 e. The van der Waals surface area contributed by atoms with Crippen molar-refractivity contribution < 1.29 is 17.9 Å². The number of amides is 2. The summed E-state index contributed by atoms with van der Waals surface area (Å²) in [5.74, 6) is 0.646. The van der Waals surface area contributed by atoms with Gasteiger partial charge in [-0.25, -0.2) is 13.2 Å². The first kappa shape index (κ1) is 26.4. The van der Waals surface area contributed by atoms with Crippen LogP contribution in [0, 0.1) is 5.92 Å². The Morgan fingerprint density at radius 3 is 2.31 bits per heavy atom. The van der Waals surface area contributed by atoms with Crippen LogP contribution < -0.4 is 4.74 Å². The van der Waals surface area contributed by atoms with E-state index in [1.807, 2.05) is 36.1 Å². The van der Waals surface area contributed by atoms with Crippen molar-refractivity contribution in [2.24, 2.45) is 5.92 Å². The van der Waals surface area contributed by atoms with Crippen molar-refractivity contribution in [3.05, 3.63) is 63.1 Å². The van der Waals surface area contributed by atoms with E-state index in [4.69, 9.17) is 39.5 Å². The summed E-state index contributed by atoms with van der Waals surface area (Å²) >= 11 is 18.6. The minimum Gasteiger partial charge on any atom is -0.490 e. The van der Waals surface area contributed by atoms with Crippen LogP contribution in [-0.4, -0.2) is 80.2 Å². The topological polar surface area (TPSA) is 70.2 Å². The molecular formula is C24H28Cl3N3O4S. The molecule has 2 saturated heterocycles. The fourth-order valence-electron chi connectivity index (χ4n) is 4.81. The summed E-state index contributed by atoms with van der Waals surface area (Å²) in [6.45, 7) is 4.31. The maximum absolute atomic E-state index is 13.4.